The molecule has 0 spiro atoms. The Kier molecular flexibility index (Phi) is 8.00. The number of halogens is 1. The van der Waals surface area contributed by atoms with Crippen molar-refractivity contribution in [3.63, 3.8) is 0 Å². The summed E-state index contributed by atoms with van der Waals surface area (Å²) in [5.41, 5.74) is 12.8. The fraction of sp³-hybridized carbons (Fsp3) is 0.500. The first-order valence-electron chi connectivity index (χ1n) is 12.6. The van der Waals surface area contributed by atoms with Gasteiger partial charge in [0.15, 0.2) is 35.3 Å². The molecule has 6 heterocycles. The van der Waals surface area contributed by atoms with E-state index in [1.807, 2.05) is 0 Å². The number of nitrogen functional groups attached to an aromatic ring is 2. The van der Waals surface area contributed by atoms with Crippen LogP contribution >= 0.6 is 6.72 Å². The first kappa shape index (κ1) is 30.0. The van der Waals surface area contributed by atoms with Crippen LogP contribution in [0.25, 0.3) is 22.3 Å². The maximum atomic E-state index is 15.8. The molecule has 4 aromatic rings. The van der Waals surface area contributed by atoms with Gasteiger partial charge < -0.3 is 35.3 Å². The molecule has 6 atom stereocenters. The summed E-state index contributed by atoms with van der Waals surface area (Å²) in [6.45, 7) is -5.09. The molecule has 23 heteroatoms. The first-order chi connectivity index (χ1) is 20.4. The Hall–Kier alpha value is -3.05. The molecule has 4 aromatic heterocycles. The number of alkyl halides is 1. The number of hydrogen-bond acceptors (Lipinski definition) is 15. The minimum Gasteiger partial charge on any atom is -0.382 e. The number of anilines is 2. The van der Waals surface area contributed by atoms with Gasteiger partial charge >= 0.3 is 17.0 Å². The van der Waals surface area contributed by atoms with Crippen molar-refractivity contribution in [3.05, 3.63) is 25.3 Å². The molecule has 0 radical (unpaired) electrons. The van der Waals surface area contributed by atoms with Crippen LogP contribution in [0.4, 0.5) is 16.0 Å². The second-order valence-corrected chi connectivity index (χ2v) is 13.7. The summed E-state index contributed by atoms with van der Waals surface area (Å²) in [6.07, 6.45) is -1.75. The number of fused-ring (bicyclic) bond motifs is 2. The van der Waals surface area contributed by atoms with E-state index in [1.165, 1.54) is 23.5 Å². The Bertz CT molecular complexity index is 1810. The molecule has 6 rings (SSSR count). The Labute approximate surface area is 246 Å². The van der Waals surface area contributed by atoms with E-state index in [4.69, 9.17) is 29.6 Å². The van der Waals surface area contributed by atoms with Crippen LogP contribution < -0.4 is 16.2 Å². The highest BCUT2D eigenvalue weighted by Gasteiger charge is 2.50. The normalized spacial score (nSPS) is 26.6. The number of nitrogens with zero attached hydrogens (tertiary/aromatic N) is 8. The van der Waals surface area contributed by atoms with E-state index in [0.717, 1.165) is 6.33 Å². The van der Waals surface area contributed by atoms with Crippen molar-refractivity contribution in [1.29, 1.82) is 0 Å². The predicted octanol–water partition coefficient (Wildman–Crippen LogP) is -0.811. The smallest absolute Gasteiger partial charge is 0.336 e. The van der Waals surface area contributed by atoms with Crippen LogP contribution in [0.15, 0.2) is 25.3 Å². The number of ether oxygens (including phenoxy) is 2. The van der Waals surface area contributed by atoms with Crippen molar-refractivity contribution in [1.82, 2.24) is 43.8 Å². The van der Waals surface area contributed by atoms with Crippen molar-refractivity contribution in [2.24, 2.45) is 0 Å². The Balaban J connectivity index is 1.14. The lowest BCUT2D eigenvalue weighted by molar-refractivity contribution is -0.0403. The number of hydrogen-bond donors (Lipinski definition) is 5. The Morgan fingerprint density at radius 2 is 1.65 bits per heavy atom. The van der Waals surface area contributed by atoms with Gasteiger partial charge in [0.2, 0.25) is 0 Å². The van der Waals surface area contributed by atoms with Crippen LogP contribution in [-0.4, -0.2) is 94.9 Å². The highest BCUT2D eigenvalue weighted by atomic mass is 32.5. The molecule has 0 saturated carbocycles. The molecule has 0 amide bonds. The SMILES string of the molecule is Nc1ncnc2c1ncn2[C@@H]1O[C@H](COP(O)(O)=S)[C@@H](OS(=O)(=O)NC[C@@H]2CC[C@H](n3cnc4c(N)ncnc43)O2)[C@H]1F. The number of imidazole rings is 2. The zero-order valence-electron chi connectivity index (χ0n) is 21.8. The molecule has 0 aliphatic carbocycles. The number of nitrogens with two attached hydrogens (primary N) is 2. The van der Waals surface area contributed by atoms with Gasteiger partial charge in [-0.2, -0.15) is 13.1 Å². The second-order valence-electron chi connectivity index (χ2n) is 9.62. The molecular weight excluding hydrogens is 636 g/mol. The third-order valence-electron chi connectivity index (χ3n) is 6.84. The molecule has 2 aliphatic rings. The average Bonchev–Trinajstić information content (AvgIpc) is 3.73. The van der Waals surface area contributed by atoms with Gasteiger partial charge in [-0.05, 0) is 24.6 Å². The van der Waals surface area contributed by atoms with E-state index in [0.29, 0.717) is 24.0 Å². The summed E-state index contributed by atoms with van der Waals surface area (Å²) in [5.74, 6) is 0.251. The Morgan fingerprint density at radius 1 is 1.02 bits per heavy atom. The molecule has 7 N–H and O–H groups in total. The molecule has 232 valence electrons. The van der Waals surface area contributed by atoms with Gasteiger partial charge in [-0.3, -0.25) is 9.13 Å². The standard InChI is InChI=1S/C20H25FN11O8PS2/c21-12-15(10(4-37-41(33,34)42)39-20(12)32-8-29-14-17(23)25-6-27-19(14)32)40-43(35,36)30-3-9-1-2-11(38-9)31-7-28-13-16(22)24-5-26-18(13)31/h5-12,15,20,30H,1-4H2,(H2,22,24,26)(H2,23,25,27)(H2,33,34,42)/t9-,10+,11+,12+,15+,20+/m0/s1. The van der Waals surface area contributed by atoms with Crippen molar-refractivity contribution in [2.75, 3.05) is 24.6 Å². The van der Waals surface area contributed by atoms with Crippen molar-refractivity contribution in [2.45, 2.75) is 49.8 Å². The summed E-state index contributed by atoms with van der Waals surface area (Å²) < 4.78 is 68.5. The third-order valence-corrected chi connectivity index (χ3v) is 8.64. The molecule has 0 aromatic carbocycles. The van der Waals surface area contributed by atoms with Gasteiger partial charge in [0.1, 0.15) is 42.1 Å². The van der Waals surface area contributed by atoms with Crippen molar-refractivity contribution in [3.8, 4) is 0 Å². The van der Waals surface area contributed by atoms with Crippen LogP contribution in [0.3, 0.4) is 0 Å². The minimum atomic E-state index is -4.60. The molecule has 43 heavy (non-hydrogen) atoms. The fourth-order valence-corrected chi connectivity index (χ4v) is 6.40. The van der Waals surface area contributed by atoms with Crippen LogP contribution in [0, 0.1) is 0 Å². The lowest BCUT2D eigenvalue weighted by Gasteiger charge is -2.21. The van der Waals surface area contributed by atoms with Crippen LogP contribution in [-0.2, 0) is 40.3 Å². The Morgan fingerprint density at radius 3 is 2.30 bits per heavy atom. The predicted molar refractivity (Wildman–Crippen MR) is 148 cm³/mol. The summed E-state index contributed by atoms with van der Waals surface area (Å²) >= 11 is 4.46. The van der Waals surface area contributed by atoms with E-state index in [-0.39, 0.29) is 29.3 Å². The van der Waals surface area contributed by atoms with Gasteiger partial charge in [0.25, 0.3) is 0 Å². The zero-order valence-corrected chi connectivity index (χ0v) is 24.3. The third kappa shape index (κ3) is 6.16. The van der Waals surface area contributed by atoms with Gasteiger partial charge in [-0.15, -0.1) is 0 Å². The lowest BCUT2D eigenvalue weighted by atomic mass is 10.1. The molecule has 2 aliphatic heterocycles. The van der Waals surface area contributed by atoms with Gasteiger partial charge in [-0.1, -0.05) is 0 Å². The largest absolute Gasteiger partial charge is 0.382 e. The van der Waals surface area contributed by atoms with E-state index in [2.05, 4.69) is 46.4 Å². The summed E-state index contributed by atoms with van der Waals surface area (Å²) in [7, 11) is -4.60. The molecule has 2 fully saturated rings. The number of nitrogens with one attached hydrogen (secondary N) is 1. The van der Waals surface area contributed by atoms with Gasteiger partial charge in [-0.25, -0.2) is 38.5 Å². The molecule has 2 saturated heterocycles. The molecule has 0 unspecified atom stereocenters. The summed E-state index contributed by atoms with van der Waals surface area (Å²) in [5, 5.41) is 0. The fourth-order valence-electron chi connectivity index (χ4n) is 4.89. The van der Waals surface area contributed by atoms with Gasteiger partial charge in [0, 0.05) is 6.54 Å². The van der Waals surface area contributed by atoms with Crippen LogP contribution in [0.1, 0.15) is 25.3 Å². The van der Waals surface area contributed by atoms with E-state index >= 15 is 4.39 Å². The van der Waals surface area contributed by atoms with E-state index in [1.54, 1.807) is 4.57 Å². The molecule has 19 nitrogen and oxygen atoms in total. The van der Waals surface area contributed by atoms with Crippen molar-refractivity contribution >= 4 is 62.8 Å². The lowest BCUT2D eigenvalue weighted by Crippen LogP contribution is -2.41. The van der Waals surface area contributed by atoms with Crippen LogP contribution in [0.5, 0.6) is 0 Å². The second kappa shape index (κ2) is 11.5. The van der Waals surface area contributed by atoms with Gasteiger partial charge in [0.05, 0.1) is 25.4 Å². The monoisotopic (exact) mass is 661 g/mol. The van der Waals surface area contributed by atoms with Crippen molar-refractivity contribution < 1.29 is 40.8 Å². The summed E-state index contributed by atoms with van der Waals surface area (Å²) in [6, 6.07) is 0. The summed E-state index contributed by atoms with van der Waals surface area (Å²) in [4.78, 5) is 43.3. The number of aromatic nitrogens is 8. The molecular formula is C20H25FN11O8PS2. The zero-order chi connectivity index (χ0) is 30.5. The number of rotatable bonds is 10. The molecule has 0 bridgehead atoms. The topological polar surface area (TPSA) is 263 Å². The highest BCUT2D eigenvalue weighted by molar-refractivity contribution is 8.06. The van der Waals surface area contributed by atoms with Crippen LogP contribution in [0.2, 0.25) is 0 Å². The minimum absolute atomic E-state index is 0.0351. The van der Waals surface area contributed by atoms with E-state index in [9.17, 15) is 18.2 Å². The average molecular weight is 662 g/mol. The van der Waals surface area contributed by atoms with E-state index < -0.39 is 60.6 Å². The maximum absolute atomic E-state index is 15.8. The first-order valence-corrected chi connectivity index (χ1v) is 16.6. The quantitative estimate of drug-likeness (QED) is 0.130. The maximum Gasteiger partial charge on any atom is 0.336 e. The highest BCUT2D eigenvalue weighted by Crippen LogP contribution is 2.41.